The molecule has 1 aliphatic rings. The summed E-state index contributed by atoms with van der Waals surface area (Å²) in [5, 5.41) is 19.5. The van der Waals surface area contributed by atoms with Crippen LogP contribution in [0.15, 0.2) is 53.9 Å². The smallest absolute Gasteiger partial charge is 0.244 e. The summed E-state index contributed by atoms with van der Waals surface area (Å²) in [5.41, 5.74) is 9.18. The lowest BCUT2D eigenvalue weighted by atomic mass is 9.77. The highest BCUT2D eigenvalue weighted by atomic mass is 16.5. The molecule has 3 N–H and O–H groups in total. The number of fused-ring (bicyclic) bond motifs is 2. The summed E-state index contributed by atoms with van der Waals surface area (Å²) >= 11 is 0. The van der Waals surface area contributed by atoms with Gasteiger partial charge < -0.3 is 10.5 Å². The van der Waals surface area contributed by atoms with Crippen molar-refractivity contribution in [1.82, 2.24) is 10.2 Å². The standard InChI is InChI=1S/C21H20N4O/c1-21(2,3)18-17-16(15(11-22)19(23)26-20(17)25-24-18)14-10-6-8-12-7-4-5-9-13(12)14/h4-10,16H,23H2,1-3H3,(H,24,25). The molecule has 1 aromatic heterocycles. The van der Waals surface area contributed by atoms with E-state index in [9.17, 15) is 5.26 Å². The molecule has 1 unspecified atom stereocenters. The Balaban J connectivity index is 2.06. The first-order valence-corrected chi connectivity index (χ1v) is 8.56. The van der Waals surface area contributed by atoms with E-state index in [2.05, 4.69) is 55.2 Å². The molecule has 1 aliphatic heterocycles. The van der Waals surface area contributed by atoms with Gasteiger partial charge in [0.15, 0.2) is 0 Å². The lowest BCUT2D eigenvalue weighted by molar-refractivity contribution is 0.378. The van der Waals surface area contributed by atoms with E-state index in [1.165, 1.54) is 0 Å². The number of aromatic amines is 1. The number of ether oxygens (including phenoxy) is 1. The van der Waals surface area contributed by atoms with Crippen LogP contribution in [0.1, 0.15) is 43.5 Å². The molecule has 3 aromatic rings. The van der Waals surface area contributed by atoms with Crippen LogP contribution in [-0.4, -0.2) is 10.2 Å². The average Bonchev–Trinajstić information content (AvgIpc) is 3.03. The number of rotatable bonds is 1. The second-order valence-electron chi connectivity index (χ2n) is 7.56. The lowest BCUT2D eigenvalue weighted by Crippen LogP contribution is -2.24. The zero-order valence-corrected chi connectivity index (χ0v) is 15.0. The molecule has 4 rings (SSSR count). The fraction of sp³-hybridized carbons (Fsp3) is 0.238. The molecule has 0 radical (unpaired) electrons. The predicted octanol–water partition coefficient (Wildman–Crippen LogP) is 4.08. The zero-order valence-electron chi connectivity index (χ0n) is 15.0. The van der Waals surface area contributed by atoms with E-state index in [1.54, 1.807) is 0 Å². The van der Waals surface area contributed by atoms with E-state index < -0.39 is 0 Å². The molecular weight excluding hydrogens is 324 g/mol. The van der Waals surface area contributed by atoms with Crippen molar-refractivity contribution in [3.8, 4) is 11.9 Å². The van der Waals surface area contributed by atoms with Crippen LogP contribution >= 0.6 is 0 Å². The zero-order chi connectivity index (χ0) is 18.5. The third-order valence-corrected chi connectivity index (χ3v) is 4.82. The van der Waals surface area contributed by atoms with Crippen molar-refractivity contribution in [2.45, 2.75) is 32.1 Å². The maximum absolute atomic E-state index is 9.82. The van der Waals surface area contributed by atoms with E-state index in [-0.39, 0.29) is 17.2 Å². The normalized spacial score (nSPS) is 16.9. The first-order valence-electron chi connectivity index (χ1n) is 8.56. The van der Waals surface area contributed by atoms with Gasteiger partial charge in [0.1, 0.15) is 11.6 Å². The van der Waals surface area contributed by atoms with Gasteiger partial charge in [-0.15, -0.1) is 5.10 Å². The molecule has 130 valence electrons. The Labute approximate surface area is 152 Å². The minimum absolute atomic E-state index is 0.116. The molecule has 0 saturated carbocycles. The molecule has 5 nitrogen and oxygen atoms in total. The molecule has 2 heterocycles. The van der Waals surface area contributed by atoms with E-state index in [4.69, 9.17) is 10.5 Å². The molecule has 5 heteroatoms. The number of nitriles is 1. The first-order chi connectivity index (χ1) is 12.4. The van der Waals surface area contributed by atoms with Crippen molar-refractivity contribution in [3.05, 3.63) is 70.7 Å². The van der Waals surface area contributed by atoms with Gasteiger partial charge in [0.05, 0.1) is 11.5 Å². The van der Waals surface area contributed by atoms with Gasteiger partial charge in [-0.1, -0.05) is 63.2 Å². The third kappa shape index (κ3) is 2.34. The van der Waals surface area contributed by atoms with Gasteiger partial charge in [0.25, 0.3) is 0 Å². The summed E-state index contributed by atoms with van der Waals surface area (Å²) in [5.74, 6) is 0.247. The first kappa shape index (κ1) is 16.2. The van der Waals surface area contributed by atoms with Gasteiger partial charge in [-0.3, -0.25) is 5.10 Å². The van der Waals surface area contributed by atoms with Crippen molar-refractivity contribution < 1.29 is 4.74 Å². The molecule has 2 aromatic carbocycles. The molecule has 0 aliphatic carbocycles. The van der Waals surface area contributed by atoms with Crippen LogP contribution in [0.5, 0.6) is 5.88 Å². The van der Waals surface area contributed by atoms with Crippen molar-refractivity contribution in [2.24, 2.45) is 5.73 Å². The van der Waals surface area contributed by atoms with Crippen LogP contribution in [0.3, 0.4) is 0 Å². The van der Waals surface area contributed by atoms with Gasteiger partial charge in [-0.05, 0) is 16.3 Å². The van der Waals surface area contributed by atoms with Crippen molar-refractivity contribution in [2.75, 3.05) is 0 Å². The van der Waals surface area contributed by atoms with E-state index in [0.29, 0.717) is 11.5 Å². The van der Waals surface area contributed by atoms with E-state index >= 15 is 0 Å². The average molecular weight is 344 g/mol. The molecule has 1 atom stereocenters. The largest absolute Gasteiger partial charge is 0.420 e. The molecule has 0 fully saturated rings. The van der Waals surface area contributed by atoms with Gasteiger partial charge in [-0.2, -0.15) is 5.26 Å². The number of H-pyrrole nitrogens is 1. The number of aromatic nitrogens is 2. The fourth-order valence-electron chi connectivity index (χ4n) is 3.63. The highest BCUT2D eigenvalue weighted by Gasteiger charge is 2.38. The van der Waals surface area contributed by atoms with Crippen molar-refractivity contribution >= 4 is 10.8 Å². The van der Waals surface area contributed by atoms with E-state index in [0.717, 1.165) is 27.6 Å². The highest BCUT2D eigenvalue weighted by molar-refractivity contribution is 5.87. The van der Waals surface area contributed by atoms with Gasteiger partial charge >= 0.3 is 0 Å². The number of nitrogens with two attached hydrogens (primary N) is 1. The molecule has 0 spiro atoms. The summed E-state index contributed by atoms with van der Waals surface area (Å²) in [6.07, 6.45) is 0. The molecule has 0 saturated heterocycles. The van der Waals surface area contributed by atoms with Crippen LogP contribution in [0.25, 0.3) is 10.8 Å². The summed E-state index contributed by atoms with van der Waals surface area (Å²) in [7, 11) is 0. The van der Waals surface area contributed by atoms with Gasteiger partial charge in [-0.25, -0.2) is 0 Å². The Hall–Kier alpha value is -3.26. The highest BCUT2D eigenvalue weighted by Crippen LogP contribution is 2.46. The fourth-order valence-corrected chi connectivity index (χ4v) is 3.63. The third-order valence-electron chi connectivity index (χ3n) is 4.82. The van der Waals surface area contributed by atoms with Crippen molar-refractivity contribution in [1.29, 1.82) is 5.26 Å². The lowest BCUT2D eigenvalue weighted by Gasteiger charge is -2.28. The maximum Gasteiger partial charge on any atom is 0.244 e. The molecule has 0 bridgehead atoms. The quantitative estimate of drug-likeness (QED) is 0.696. The number of hydrogen-bond acceptors (Lipinski definition) is 4. The molecule has 26 heavy (non-hydrogen) atoms. The summed E-state index contributed by atoms with van der Waals surface area (Å²) in [4.78, 5) is 0. The van der Waals surface area contributed by atoms with Crippen LogP contribution in [0, 0.1) is 11.3 Å². The topological polar surface area (TPSA) is 87.7 Å². The molecule has 0 amide bonds. The van der Waals surface area contributed by atoms with E-state index in [1.807, 2.05) is 24.3 Å². The second-order valence-corrected chi connectivity index (χ2v) is 7.56. The Morgan fingerprint density at radius 2 is 1.88 bits per heavy atom. The Morgan fingerprint density at radius 3 is 2.62 bits per heavy atom. The SMILES string of the molecule is CC(C)(C)c1[nH]nc2c1C(c1cccc3ccccc13)C(C#N)=C(N)O2. The monoisotopic (exact) mass is 344 g/mol. The number of hydrogen-bond donors (Lipinski definition) is 2. The van der Waals surface area contributed by atoms with Gasteiger partial charge in [0.2, 0.25) is 11.8 Å². The summed E-state index contributed by atoms with van der Waals surface area (Å²) in [6, 6.07) is 16.5. The summed E-state index contributed by atoms with van der Waals surface area (Å²) < 4.78 is 5.67. The Bertz CT molecular complexity index is 1070. The Kier molecular flexibility index (Phi) is 3.52. The van der Waals surface area contributed by atoms with Crippen LogP contribution in [-0.2, 0) is 5.41 Å². The van der Waals surface area contributed by atoms with Crippen LogP contribution in [0.4, 0.5) is 0 Å². The number of nitrogens with zero attached hydrogens (tertiary/aromatic N) is 2. The van der Waals surface area contributed by atoms with Gasteiger partial charge in [0, 0.05) is 11.1 Å². The van der Waals surface area contributed by atoms with Crippen molar-refractivity contribution in [3.63, 3.8) is 0 Å². The van der Waals surface area contributed by atoms with Crippen LogP contribution in [0.2, 0.25) is 0 Å². The number of benzene rings is 2. The Morgan fingerprint density at radius 1 is 1.15 bits per heavy atom. The minimum atomic E-state index is -0.317. The predicted molar refractivity (Wildman–Crippen MR) is 101 cm³/mol. The number of nitrogens with one attached hydrogen (secondary N) is 1. The van der Waals surface area contributed by atoms with Crippen LogP contribution < -0.4 is 10.5 Å². The number of allylic oxidation sites excluding steroid dienone is 1. The second kappa shape index (κ2) is 5.63. The molecular formula is C21H20N4O. The summed E-state index contributed by atoms with van der Waals surface area (Å²) in [6.45, 7) is 6.32. The minimum Gasteiger partial charge on any atom is -0.420 e. The maximum atomic E-state index is 9.82.